The molecule has 0 saturated carbocycles. The van der Waals surface area contributed by atoms with Gasteiger partial charge in [0.1, 0.15) is 11.5 Å². The van der Waals surface area contributed by atoms with Crippen molar-refractivity contribution in [3.63, 3.8) is 0 Å². The molecular formula is C29H27N3O4. The molecule has 1 atom stereocenters. The van der Waals surface area contributed by atoms with Crippen LogP contribution in [0.4, 0.5) is 5.95 Å². The Kier molecular flexibility index (Phi) is 5.84. The third-order valence-electron chi connectivity index (χ3n) is 6.53. The number of Topliss-reactive ketones (excluding diaryl/α,β-unsaturated/α-hetero) is 1. The first kappa shape index (κ1) is 23.4. The molecule has 7 nitrogen and oxygen atoms in total. The summed E-state index contributed by atoms with van der Waals surface area (Å²) >= 11 is 0. The van der Waals surface area contributed by atoms with Crippen molar-refractivity contribution in [2.75, 3.05) is 12.0 Å². The Hall–Kier alpha value is -4.39. The number of benzene rings is 3. The first-order valence-corrected chi connectivity index (χ1v) is 11.8. The molecular weight excluding hydrogens is 454 g/mol. The van der Waals surface area contributed by atoms with E-state index in [9.17, 15) is 14.7 Å². The van der Waals surface area contributed by atoms with Gasteiger partial charge in [0, 0.05) is 5.56 Å². The van der Waals surface area contributed by atoms with Crippen LogP contribution in [0.5, 0.6) is 5.75 Å². The number of anilines is 1. The van der Waals surface area contributed by atoms with Gasteiger partial charge in [-0.05, 0) is 54.3 Å². The molecule has 1 aliphatic rings. The van der Waals surface area contributed by atoms with Crippen molar-refractivity contribution in [1.29, 1.82) is 0 Å². The van der Waals surface area contributed by atoms with E-state index in [2.05, 4.69) is 9.97 Å². The average molecular weight is 482 g/mol. The van der Waals surface area contributed by atoms with E-state index in [0.717, 1.165) is 16.6 Å². The molecule has 3 aromatic carbocycles. The molecule has 5 rings (SSSR count). The number of hydrogen-bond acceptors (Lipinski definition) is 5. The molecule has 1 aliphatic heterocycles. The maximum absolute atomic E-state index is 13.5. The Morgan fingerprint density at radius 3 is 2.53 bits per heavy atom. The van der Waals surface area contributed by atoms with Crippen LogP contribution in [0.3, 0.4) is 0 Å². The van der Waals surface area contributed by atoms with Crippen LogP contribution in [0.15, 0.2) is 72.3 Å². The van der Waals surface area contributed by atoms with E-state index in [1.165, 1.54) is 4.90 Å². The SMILES string of the molecule is COc1ccc(/C(O)=C2\C(=O)C(=O)N(c3nc4ccccc4[nH]3)C2c2cccc(C)c2)cc1C(C)C. The number of methoxy groups -OCH3 is 1. The highest BCUT2D eigenvalue weighted by Gasteiger charge is 2.48. The molecule has 2 N–H and O–H groups in total. The minimum Gasteiger partial charge on any atom is -0.507 e. The third kappa shape index (κ3) is 3.82. The molecule has 0 aliphatic carbocycles. The number of amides is 1. The average Bonchev–Trinajstić information content (AvgIpc) is 3.41. The van der Waals surface area contributed by atoms with Crippen LogP contribution < -0.4 is 9.64 Å². The number of ether oxygens (including phenoxy) is 1. The van der Waals surface area contributed by atoms with Crippen molar-refractivity contribution in [1.82, 2.24) is 9.97 Å². The van der Waals surface area contributed by atoms with E-state index < -0.39 is 17.7 Å². The van der Waals surface area contributed by atoms with Gasteiger partial charge >= 0.3 is 5.91 Å². The number of aliphatic hydroxyl groups excluding tert-OH is 1. The number of imidazole rings is 1. The van der Waals surface area contributed by atoms with Crippen LogP contribution in [0.2, 0.25) is 0 Å². The highest BCUT2D eigenvalue weighted by atomic mass is 16.5. The Morgan fingerprint density at radius 1 is 1.06 bits per heavy atom. The maximum atomic E-state index is 13.5. The standard InChI is InChI=1S/C29H27N3O4/c1-16(2)20-15-19(12-13-23(20)36-4)26(33)24-25(18-9-7-8-17(3)14-18)32(28(35)27(24)34)29-30-21-10-5-6-11-22(21)31-29/h5-16,25,33H,1-4H3,(H,30,31)/b26-24+. The molecule has 0 radical (unpaired) electrons. The molecule has 182 valence electrons. The number of ketones is 1. The molecule has 1 saturated heterocycles. The van der Waals surface area contributed by atoms with E-state index in [0.29, 0.717) is 22.4 Å². The second kappa shape index (κ2) is 9.00. The fourth-order valence-electron chi connectivity index (χ4n) is 4.75. The molecule has 0 bridgehead atoms. The smallest absolute Gasteiger partial charge is 0.302 e. The molecule has 36 heavy (non-hydrogen) atoms. The highest BCUT2D eigenvalue weighted by molar-refractivity contribution is 6.51. The number of nitrogens with one attached hydrogen (secondary N) is 1. The number of carbonyl (C=O) groups excluding carboxylic acids is 2. The summed E-state index contributed by atoms with van der Waals surface area (Å²) in [6.07, 6.45) is 0. The van der Waals surface area contributed by atoms with Gasteiger partial charge in [-0.1, -0.05) is 55.8 Å². The predicted octanol–water partition coefficient (Wildman–Crippen LogP) is 5.63. The number of aliphatic hydroxyl groups is 1. The van der Waals surface area contributed by atoms with Gasteiger partial charge in [0.25, 0.3) is 5.78 Å². The fourth-order valence-corrected chi connectivity index (χ4v) is 4.75. The van der Waals surface area contributed by atoms with Gasteiger partial charge in [0.2, 0.25) is 5.95 Å². The van der Waals surface area contributed by atoms with E-state index >= 15 is 0 Å². The molecule has 7 heteroatoms. The number of para-hydroxylation sites is 2. The Bertz CT molecular complexity index is 1500. The lowest BCUT2D eigenvalue weighted by molar-refractivity contribution is -0.132. The number of fused-ring (bicyclic) bond motifs is 1. The van der Waals surface area contributed by atoms with E-state index in [4.69, 9.17) is 4.74 Å². The highest BCUT2D eigenvalue weighted by Crippen LogP contribution is 2.42. The summed E-state index contributed by atoms with van der Waals surface area (Å²) < 4.78 is 5.47. The summed E-state index contributed by atoms with van der Waals surface area (Å²) in [5.74, 6) is -0.677. The van der Waals surface area contributed by atoms with Crippen LogP contribution in [-0.4, -0.2) is 33.9 Å². The van der Waals surface area contributed by atoms with Crippen LogP contribution in [0.25, 0.3) is 16.8 Å². The zero-order chi connectivity index (χ0) is 25.6. The summed E-state index contributed by atoms with van der Waals surface area (Å²) in [6, 6.07) is 19.4. The van der Waals surface area contributed by atoms with Crippen LogP contribution in [0, 0.1) is 6.92 Å². The Labute approximate surface area is 209 Å². The molecule has 4 aromatic rings. The zero-order valence-corrected chi connectivity index (χ0v) is 20.6. The fraction of sp³-hybridized carbons (Fsp3) is 0.207. The molecule has 2 heterocycles. The number of aromatic amines is 1. The predicted molar refractivity (Wildman–Crippen MR) is 139 cm³/mol. The first-order valence-electron chi connectivity index (χ1n) is 11.8. The van der Waals surface area contributed by atoms with E-state index in [1.54, 1.807) is 25.3 Å². The zero-order valence-electron chi connectivity index (χ0n) is 20.6. The summed E-state index contributed by atoms with van der Waals surface area (Å²) in [5.41, 5.74) is 4.44. The lowest BCUT2D eigenvalue weighted by Gasteiger charge is -2.23. The number of nitrogens with zero attached hydrogens (tertiary/aromatic N) is 2. The van der Waals surface area contributed by atoms with Gasteiger partial charge in [-0.25, -0.2) is 4.98 Å². The van der Waals surface area contributed by atoms with Gasteiger partial charge in [-0.15, -0.1) is 0 Å². The van der Waals surface area contributed by atoms with Gasteiger partial charge in [-0.3, -0.25) is 14.5 Å². The largest absolute Gasteiger partial charge is 0.507 e. The number of aryl methyl sites for hydroxylation is 1. The first-order chi connectivity index (χ1) is 17.3. The van der Waals surface area contributed by atoms with Crippen molar-refractivity contribution in [3.05, 3.63) is 94.6 Å². The van der Waals surface area contributed by atoms with Crippen molar-refractivity contribution in [2.24, 2.45) is 0 Å². The van der Waals surface area contributed by atoms with Gasteiger partial charge in [-0.2, -0.15) is 0 Å². The Balaban J connectivity index is 1.73. The van der Waals surface area contributed by atoms with Crippen LogP contribution in [-0.2, 0) is 9.59 Å². The minimum atomic E-state index is -0.852. The summed E-state index contributed by atoms with van der Waals surface area (Å²) in [7, 11) is 1.59. The molecule has 1 unspecified atom stereocenters. The Morgan fingerprint density at radius 2 is 1.83 bits per heavy atom. The second-order valence-corrected chi connectivity index (χ2v) is 9.27. The normalized spacial score (nSPS) is 17.4. The number of carbonyl (C=O) groups is 2. The molecule has 1 amide bonds. The minimum absolute atomic E-state index is 0.0194. The molecule has 1 fully saturated rings. The number of aromatic nitrogens is 2. The lowest BCUT2D eigenvalue weighted by atomic mass is 9.92. The summed E-state index contributed by atoms with van der Waals surface area (Å²) in [6.45, 7) is 5.99. The summed E-state index contributed by atoms with van der Waals surface area (Å²) in [4.78, 5) is 36.0. The monoisotopic (exact) mass is 481 g/mol. The third-order valence-corrected chi connectivity index (χ3v) is 6.53. The van der Waals surface area contributed by atoms with Crippen molar-refractivity contribution >= 4 is 34.4 Å². The topological polar surface area (TPSA) is 95.5 Å². The summed E-state index contributed by atoms with van der Waals surface area (Å²) in [5, 5.41) is 11.5. The molecule has 1 aromatic heterocycles. The van der Waals surface area contributed by atoms with E-state index in [1.807, 2.05) is 69.3 Å². The quantitative estimate of drug-likeness (QED) is 0.219. The van der Waals surface area contributed by atoms with Crippen molar-refractivity contribution < 1.29 is 19.4 Å². The number of rotatable bonds is 5. The maximum Gasteiger partial charge on any atom is 0.302 e. The number of H-pyrrole nitrogens is 1. The van der Waals surface area contributed by atoms with Crippen LogP contribution in [0.1, 0.15) is 48.1 Å². The molecule has 0 spiro atoms. The van der Waals surface area contributed by atoms with Crippen LogP contribution >= 0.6 is 0 Å². The van der Waals surface area contributed by atoms with Gasteiger partial charge < -0.3 is 14.8 Å². The van der Waals surface area contributed by atoms with Crippen molar-refractivity contribution in [2.45, 2.75) is 32.7 Å². The van der Waals surface area contributed by atoms with Crippen molar-refractivity contribution in [3.8, 4) is 5.75 Å². The number of hydrogen-bond donors (Lipinski definition) is 2. The van der Waals surface area contributed by atoms with E-state index in [-0.39, 0.29) is 23.2 Å². The van der Waals surface area contributed by atoms with Gasteiger partial charge in [0.05, 0.1) is 29.8 Å². The second-order valence-electron chi connectivity index (χ2n) is 9.27. The lowest BCUT2D eigenvalue weighted by Crippen LogP contribution is -2.30. The van der Waals surface area contributed by atoms with Gasteiger partial charge in [0.15, 0.2) is 0 Å².